The number of β-amino-alcohol motifs (C(OH)–C–C–N with tert-alkyl or cyclic N) is 1. The molecule has 2 unspecified atom stereocenters. The second kappa shape index (κ2) is 5.29. The lowest BCUT2D eigenvalue weighted by atomic mass is 9.96. The van der Waals surface area contributed by atoms with Crippen LogP contribution in [0.15, 0.2) is 30.3 Å². The van der Waals surface area contributed by atoms with E-state index in [2.05, 4.69) is 16.8 Å². The monoisotopic (exact) mass is 287 g/mol. The number of rotatable bonds is 2. The second-order valence-electron chi connectivity index (χ2n) is 5.58. The average molecular weight is 287 g/mol. The number of fused-ring (bicyclic) bond motifs is 1. The van der Waals surface area contributed by atoms with Crippen molar-refractivity contribution in [3.63, 3.8) is 0 Å². The molecular weight excluding hydrogens is 270 g/mol. The predicted octanol–water partition coefficient (Wildman–Crippen LogP) is 2.35. The Labute approximate surface area is 122 Å². The summed E-state index contributed by atoms with van der Waals surface area (Å²) in [6.07, 6.45) is 0.592. The summed E-state index contributed by atoms with van der Waals surface area (Å²) in [5.41, 5.74) is 0.797. The van der Waals surface area contributed by atoms with E-state index < -0.39 is 4.92 Å². The minimum absolute atomic E-state index is 0.0688. The third kappa shape index (κ3) is 2.67. The molecule has 0 bridgehead atoms. The van der Waals surface area contributed by atoms with Crippen LogP contribution in [0.25, 0.3) is 10.9 Å². The first-order chi connectivity index (χ1) is 10.0. The zero-order chi connectivity index (χ0) is 15.0. The van der Waals surface area contributed by atoms with Gasteiger partial charge in [-0.2, -0.15) is 0 Å². The summed E-state index contributed by atoms with van der Waals surface area (Å²) < 4.78 is 0. The lowest BCUT2D eigenvalue weighted by Crippen LogP contribution is -2.43. The number of anilines is 1. The van der Waals surface area contributed by atoms with Gasteiger partial charge in [-0.1, -0.05) is 6.92 Å². The molecular formula is C15H17N3O3. The Morgan fingerprint density at radius 1 is 1.38 bits per heavy atom. The standard InChI is InChI=1S/C15H17N3O3/c1-10-6-7-17(9-14(10)19)15-5-2-11-8-12(18(20)21)3-4-13(11)16-15/h2-5,8,10,14,19H,6-7,9H2,1H3. The molecule has 0 aliphatic carbocycles. The molecule has 1 aliphatic rings. The van der Waals surface area contributed by atoms with Crippen LogP contribution in [0.4, 0.5) is 11.5 Å². The van der Waals surface area contributed by atoms with Gasteiger partial charge in [0.05, 0.1) is 16.5 Å². The molecule has 1 N–H and O–H groups in total. The summed E-state index contributed by atoms with van der Waals surface area (Å²) in [7, 11) is 0. The van der Waals surface area contributed by atoms with E-state index in [-0.39, 0.29) is 11.8 Å². The van der Waals surface area contributed by atoms with Crippen molar-refractivity contribution in [3.8, 4) is 0 Å². The average Bonchev–Trinajstić information content (AvgIpc) is 2.49. The summed E-state index contributed by atoms with van der Waals surface area (Å²) >= 11 is 0. The molecule has 21 heavy (non-hydrogen) atoms. The maximum absolute atomic E-state index is 10.8. The van der Waals surface area contributed by atoms with Gasteiger partial charge < -0.3 is 10.0 Å². The molecule has 1 aromatic carbocycles. The van der Waals surface area contributed by atoms with E-state index in [1.165, 1.54) is 12.1 Å². The number of benzene rings is 1. The van der Waals surface area contributed by atoms with Crippen LogP contribution < -0.4 is 4.90 Å². The van der Waals surface area contributed by atoms with Crippen molar-refractivity contribution in [3.05, 3.63) is 40.4 Å². The van der Waals surface area contributed by atoms with Crippen LogP contribution in [-0.4, -0.2) is 34.2 Å². The molecule has 0 radical (unpaired) electrons. The Kier molecular flexibility index (Phi) is 3.47. The van der Waals surface area contributed by atoms with Crippen LogP contribution >= 0.6 is 0 Å². The molecule has 0 spiro atoms. The number of non-ortho nitro benzene ring substituents is 1. The van der Waals surface area contributed by atoms with Crippen LogP contribution in [0.2, 0.25) is 0 Å². The molecule has 2 aromatic rings. The Hall–Kier alpha value is -2.21. The van der Waals surface area contributed by atoms with Gasteiger partial charge in [0.2, 0.25) is 0 Å². The summed E-state index contributed by atoms with van der Waals surface area (Å²) in [4.78, 5) is 17.0. The Balaban J connectivity index is 1.91. The largest absolute Gasteiger partial charge is 0.391 e. The quantitative estimate of drug-likeness (QED) is 0.677. The van der Waals surface area contributed by atoms with Gasteiger partial charge in [-0.05, 0) is 30.5 Å². The molecule has 110 valence electrons. The van der Waals surface area contributed by atoms with E-state index in [4.69, 9.17) is 0 Å². The van der Waals surface area contributed by atoms with Crippen molar-refractivity contribution in [1.82, 2.24) is 4.98 Å². The smallest absolute Gasteiger partial charge is 0.270 e. The molecule has 0 saturated carbocycles. The van der Waals surface area contributed by atoms with E-state index in [9.17, 15) is 15.2 Å². The fourth-order valence-electron chi connectivity index (χ4n) is 2.65. The lowest BCUT2D eigenvalue weighted by molar-refractivity contribution is -0.384. The fraction of sp³-hybridized carbons (Fsp3) is 0.400. The molecule has 3 rings (SSSR count). The number of nitro groups is 1. The van der Waals surface area contributed by atoms with Crippen molar-refractivity contribution in [2.45, 2.75) is 19.4 Å². The molecule has 1 aromatic heterocycles. The first-order valence-corrected chi connectivity index (χ1v) is 7.03. The normalized spacial score (nSPS) is 22.5. The highest BCUT2D eigenvalue weighted by molar-refractivity contribution is 5.82. The number of aliphatic hydroxyl groups excluding tert-OH is 1. The third-order valence-corrected chi connectivity index (χ3v) is 4.11. The molecule has 1 aliphatic heterocycles. The number of nitro benzene ring substituents is 1. The van der Waals surface area contributed by atoms with Crippen molar-refractivity contribution in [2.24, 2.45) is 5.92 Å². The van der Waals surface area contributed by atoms with Crippen molar-refractivity contribution < 1.29 is 10.0 Å². The highest BCUT2D eigenvalue weighted by Crippen LogP contribution is 2.25. The van der Waals surface area contributed by atoms with E-state index in [0.29, 0.717) is 12.5 Å². The summed E-state index contributed by atoms with van der Waals surface area (Å²) in [5.74, 6) is 1.12. The van der Waals surface area contributed by atoms with Crippen molar-refractivity contribution >= 4 is 22.4 Å². The van der Waals surface area contributed by atoms with Crippen LogP contribution in [0.5, 0.6) is 0 Å². The fourth-order valence-corrected chi connectivity index (χ4v) is 2.65. The Morgan fingerprint density at radius 3 is 2.90 bits per heavy atom. The SMILES string of the molecule is CC1CCN(c2ccc3cc([N+](=O)[O-])ccc3n2)CC1O. The maximum atomic E-state index is 10.8. The van der Waals surface area contributed by atoms with Crippen LogP contribution in [-0.2, 0) is 0 Å². The van der Waals surface area contributed by atoms with Gasteiger partial charge in [0.1, 0.15) is 5.82 Å². The third-order valence-electron chi connectivity index (χ3n) is 4.11. The van der Waals surface area contributed by atoms with Gasteiger partial charge >= 0.3 is 0 Å². The maximum Gasteiger partial charge on any atom is 0.270 e. The van der Waals surface area contributed by atoms with Gasteiger partial charge in [0.25, 0.3) is 5.69 Å². The van der Waals surface area contributed by atoms with E-state index in [1.807, 2.05) is 12.1 Å². The number of pyridine rings is 1. The predicted molar refractivity (Wildman–Crippen MR) is 80.4 cm³/mol. The first kappa shape index (κ1) is 13.8. The first-order valence-electron chi connectivity index (χ1n) is 7.03. The minimum Gasteiger partial charge on any atom is -0.391 e. The summed E-state index contributed by atoms with van der Waals surface area (Å²) in [6, 6.07) is 8.36. The van der Waals surface area contributed by atoms with Gasteiger partial charge in [-0.3, -0.25) is 10.1 Å². The van der Waals surface area contributed by atoms with E-state index >= 15 is 0 Å². The topological polar surface area (TPSA) is 79.5 Å². The van der Waals surface area contributed by atoms with Crippen LogP contribution in [0, 0.1) is 16.0 Å². The molecule has 6 nitrogen and oxygen atoms in total. The Bertz CT molecular complexity index is 689. The number of nitrogens with zero attached hydrogens (tertiary/aromatic N) is 3. The number of hydrogen-bond acceptors (Lipinski definition) is 5. The molecule has 1 saturated heterocycles. The van der Waals surface area contributed by atoms with Crippen molar-refractivity contribution in [2.75, 3.05) is 18.0 Å². The number of aromatic nitrogens is 1. The zero-order valence-electron chi connectivity index (χ0n) is 11.8. The second-order valence-corrected chi connectivity index (χ2v) is 5.58. The molecule has 6 heteroatoms. The van der Waals surface area contributed by atoms with Crippen LogP contribution in [0.3, 0.4) is 0 Å². The van der Waals surface area contributed by atoms with Crippen LogP contribution in [0.1, 0.15) is 13.3 Å². The van der Waals surface area contributed by atoms with Gasteiger partial charge in [0.15, 0.2) is 0 Å². The van der Waals surface area contributed by atoms with Crippen molar-refractivity contribution in [1.29, 1.82) is 0 Å². The minimum atomic E-state index is -0.407. The molecule has 0 amide bonds. The number of aliphatic hydroxyl groups is 1. The zero-order valence-corrected chi connectivity index (χ0v) is 11.8. The van der Waals surface area contributed by atoms with Gasteiger partial charge in [0, 0.05) is 30.6 Å². The summed E-state index contributed by atoms with van der Waals surface area (Å²) in [6.45, 7) is 3.49. The van der Waals surface area contributed by atoms with E-state index in [1.54, 1.807) is 6.07 Å². The molecule has 1 fully saturated rings. The van der Waals surface area contributed by atoms with Gasteiger partial charge in [-0.15, -0.1) is 0 Å². The number of piperidine rings is 1. The van der Waals surface area contributed by atoms with E-state index in [0.717, 1.165) is 29.7 Å². The molecule has 2 heterocycles. The summed E-state index contributed by atoms with van der Waals surface area (Å²) in [5, 5.41) is 21.5. The molecule has 2 atom stereocenters. The highest BCUT2D eigenvalue weighted by Gasteiger charge is 2.25. The highest BCUT2D eigenvalue weighted by atomic mass is 16.6. The van der Waals surface area contributed by atoms with Gasteiger partial charge in [-0.25, -0.2) is 4.98 Å². The number of hydrogen-bond donors (Lipinski definition) is 1. The lowest BCUT2D eigenvalue weighted by Gasteiger charge is -2.35. The Morgan fingerprint density at radius 2 is 2.19 bits per heavy atom.